The molecule has 114 valence electrons. The number of aryl methyl sites for hydroxylation is 1. The van der Waals surface area contributed by atoms with Gasteiger partial charge in [0.2, 0.25) is 0 Å². The van der Waals surface area contributed by atoms with Gasteiger partial charge >= 0.3 is 0 Å². The summed E-state index contributed by atoms with van der Waals surface area (Å²) in [5.74, 6) is 0. The molecule has 0 saturated carbocycles. The molecule has 0 amide bonds. The van der Waals surface area contributed by atoms with Gasteiger partial charge in [-0.3, -0.25) is 4.98 Å². The van der Waals surface area contributed by atoms with Crippen molar-refractivity contribution in [1.82, 2.24) is 9.29 Å². The molecule has 0 radical (unpaired) electrons. The van der Waals surface area contributed by atoms with E-state index in [1.807, 2.05) is 19.1 Å². The summed E-state index contributed by atoms with van der Waals surface area (Å²) in [5, 5.41) is 9.14. The summed E-state index contributed by atoms with van der Waals surface area (Å²) in [6.45, 7) is 2.12. The number of hydrogen-bond acceptors (Lipinski definition) is 5. The van der Waals surface area contributed by atoms with Gasteiger partial charge in [-0.15, -0.1) is 11.3 Å². The summed E-state index contributed by atoms with van der Waals surface area (Å²) in [5.41, 5.74) is 1.02. The molecule has 1 N–H and O–H groups in total. The van der Waals surface area contributed by atoms with E-state index in [1.54, 1.807) is 24.5 Å². The highest BCUT2D eigenvalue weighted by atomic mass is 32.2. The molecule has 0 aliphatic rings. The van der Waals surface area contributed by atoms with Crippen LogP contribution < -0.4 is 0 Å². The van der Waals surface area contributed by atoms with Crippen molar-refractivity contribution in [2.45, 2.75) is 17.6 Å². The Bertz CT molecular complexity index is 669. The van der Waals surface area contributed by atoms with Crippen molar-refractivity contribution in [2.75, 3.05) is 19.7 Å². The number of thiophene rings is 1. The molecule has 0 saturated heterocycles. The van der Waals surface area contributed by atoms with Gasteiger partial charge in [-0.05, 0) is 43.2 Å². The molecule has 2 aromatic rings. The Balaban J connectivity index is 2.14. The number of aliphatic hydroxyl groups excluding tert-OH is 1. The number of sulfonamides is 1. The van der Waals surface area contributed by atoms with E-state index >= 15 is 0 Å². The Morgan fingerprint density at radius 3 is 2.48 bits per heavy atom. The zero-order valence-corrected chi connectivity index (χ0v) is 13.4. The molecule has 0 spiro atoms. The average Bonchev–Trinajstić information content (AvgIpc) is 2.92. The third kappa shape index (κ3) is 4.10. The summed E-state index contributed by atoms with van der Waals surface area (Å²) in [7, 11) is -3.54. The van der Waals surface area contributed by atoms with Crippen LogP contribution in [0.5, 0.6) is 0 Å². The van der Waals surface area contributed by atoms with Crippen LogP contribution >= 0.6 is 11.3 Å². The zero-order valence-electron chi connectivity index (χ0n) is 11.8. The minimum atomic E-state index is -3.54. The Hall–Kier alpha value is -1.28. The van der Waals surface area contributed by atoms with Gasteiger partial charge in [-0.2, -0.15) is 4.31 Å². The summed E-state index contributed by atoms with van der Waals surface area (Å²) < 4.78 is 26.8. The molecule has 0 aromatic carbocycles. The fourth-order valence-electron chi connectivity index (χ4n) is 1.94. The van der Waals surface area contributed by atoms with Gasteiger partial charge < -0.3 is 5.11 Å². The van der Waals surface area contributed by atoms with Gasteiger partial charge in [-0.1, -0.05) is 0 Å². The standard InChI is InChI=1S/C14H18N2O3S2/c1-12-2-3-14(20-12)21(18,19)16(10-11-17)9-6-13-4-7-15-8-5-13/h2-5,7-8,17H,6,9-11H2,1H3. The molecule has 0 aliphatic heterocycles. The molecule has 0 fully saturated rings. The molecular weight excluding hydrogens is 308 g/mol. The van der Waals surface area contributed by atoms with E-state index in [2.05, 4.69) is 4.98 Å². The first-order chi connectivity index (χ1) is 10.0. The summed E-state index contributed by atoms with van der Waals surface area (Å²) in [6.07, 6.45) is 3.96. The fraction of sp³-hybridized carbons (Fsp3) is 0.357. The number of aliphatic hydroxyl groups is 1. The second kappa shape index (κ2) is 7.13. The summed E-state index contributed by atoms with van der Waals surface area (Å²) in [4.78, 5) is 4.89. The fourth-order valence-corrected chi connectivity index (χ4v) is 4.81. The van der Waals surface area contributed by atoms with Crippen LogP contribution in [0.3, 0.4) is 0 Å². The number of hydrogen-bond donors (Lipinski definition) is 1. The molecule has 7 heteroatoms. The maximum absolute atomic E-state index is 12.6. The van der Waals surface area contributed by atoms with Crippen molar-refractivity contribution in [3.8, 4) is 0 Å². The second-order valence-corrected chi connectivity index (χ2v) is 8.05. The van der Waals surface area contributed by atoms with Gasteiger partial charge in [0.05, 0.1) is 6.61 Å². The van der Waals surface area contributed by atoms with Gasteiger partial charge in [0.25, 0.3) is 10.0 Å². The first kappa shape index (κ1) is 16.1. The highest BCUT2D eigenvalue weighted by Crippen LogP contribution is 2.24. The van der Waals surface area contributed by atoms with Gasteiger partial charge in [0.15, 0.2) is 0 Å². The third-order valence-electron chi connectivity index (χ3n) is 3.06. The predicted molar refractivity (Wildman–Crippen MR) is 82.8 cm³/mol. The number of pyridine rings is 1. The van der Waals surface area contributed by atoms with E-state index in [9.17, 15) is 8.42 Å². The number of rotatable bonds is 7. The van der Waals surface area contributed by atoms with E-state index < -0.39 is 10.0 Å². The minimum absolute atomic E-state index is 0.102. The van der Waals surface area contributed by atoms with Gasteiger partial charge in [-0.25, -0.2) is 8.42 Å². The molecule has 21 heavy (non-hydrogen) atoms. The molecule has 2 aromatic heterocycles. The van der Waals surface area contributed by atoms with Crippen LogP contribution in [-0.2, 0) is 16.4 Å². The summed E-state index contributed by atoms with van der Waals surface area (Å²) in [6, 6.07) is 7.13. The lowest BCUT2D eigenvalue weighted by molar-refractivity contribution is 0.254. The van der Waals surface area contributed by atoms with Crippen molar-refractivity contribution in [1.29, 1.82) is 0 Å². The largest absolute Gasteiger partial charge is 0.395 e. The van der Waals surface area contributed by atoms with Gasteiger partial charge in [0.1, 0.15) is 4.21 Å². The van der Waals surface area contributed by atoms with Crippen molar-refractivity contribution in [3.63, 3.8) is 0 Å². The van der Waals surface area contributed by atoms with E-state index in [4.69, 9.17) is 5.11 Å². The Labute approximate surface area is 128 Å². The third-order valence-corrected chi connectivity index (χ3v) is 6.43. The number of aromatic nitrogens is 1. The number of nitrogens with zero attached hydrogens (tertiary/aromatic N) is 2. The van der Waals surface area contributed by atoms with E-state index in [0.29, 0.717) is 17.2 Å². The lowest BCUT2D eigenvalue weighted by Crippen LogP contribution is -2.34. The van der Waals surface area contributed by atoms with Crippen LogP contribution in [0.2, 0.25) is 0 Å². The maximum atomic E-state index is 12.6. The lowest BCUT2D eigenvalue weighted by atomic mass is 10.2. The molecule has 0 unspecified atom stereocenters. The van der Waals surface area contributed by atoms with Crippen molar-refractivity contribution < 1.29 is 13.5 Å². The second-order valence-electron chi connectivity index (χ2n) is 4.60. The van der Waals surface area contributed by atoms with E-state index in [1.165, 1.54) is 15.6 Å². The molecule has 0 aliphatic carbocycles. The van der Waals surface area contributed by atoms with Crippen molar-refractivity contribution >= 4 is 21.4 Å². The summed E-state index contributed by atoms with van der Waals surface area (Å²) >= 11 is 1.25. The Morgan fingerprint density at radius 1 is 1.19 bits per heavy atom. The van der Waals surface area contributed by atoms with Crippen LogP contribution in [0, 0.1) is 6.92 Å². The van der Waals surface area contributed by atoms with E-state index in [0.717, 1.165) is 10.4 Å². The molecule has 0 bridgehead atoms. The van der Waals surface area contributed by atoms with E-state index in [-0.39, 0.29) is 13.2 Å². The van der Waals surface area contributed by atoms with Gasteiger partial charge in [0, 0.05) is 30.4 Å². The molecule has 2 rings (SSSR count). The Kier molecular flexibility index (Phi) is 5.46. The monoisotopic (exact) mass is 326 g/mol. The smallest absolute Gasteiger partial charge is 0.252 e. The molecule has 5 nitrogen and oxygen atoms in total. The molecule has 2 heterocycles. The normalized spacial score (nSPS) is 12.0. The quantitative estimate of drug-likeness (QED) is 0.840. The molecule has 0 atom stereocenters. The maximum Gasteiger partial charge on any atom is 0.252 e. The molecular formula is C14H18N2O3S2. The van der Waals surface area contributed by atoms with Crippen LogP contribution in [0.15, 0.2) is 40.9 Å². The average molecular weight is 326 g/mol. The zero-order chi connectivity index (χ0) is 15.3. The SMILES string of the molecule is Cc1ccc(S(=O)(=O)N(CCO)CCc2ccncc2)s1. The van der Waals surface area contributed by atoms with Crippen molar-refractivity contribution in [3.05, 3.63) is 47.1 Å². The van der Waals surface area contributed by atoms with Crippen LogP contribution in [0.4, 0.5) is 0 Å². The minimum Gasteiger partial charge on any atom is -0.395 e. The van der Waals surface area contributed by atoms with Crippen LogP contribution in [0.1, 0.15) is 10.4 Å². The van der Waals surface area contributed by atoms with Crippen LogP contribution in [0.25, 0.3) is 0 Å². The Morgan fingerprint density at radius 2 is 1.90 bits per heavy atom. The highest BCUT2D eigenvalue weighted by molar-refractivity contribution is 7.91. The highest BCUT2D eigenvalue weighted by Gasteiger charge is 2.25. The first-order valence-corrected chi connectivity index (χ1v) is 8.86. The predicted octanol–water partition coefficient (Wildman–Crippen LogP) is 1.68. The van der Waals surface area contributed by atoms with Crippen molar-refractivity contribution in [2.24, 2.45) is 0 Å². The topological polar surface area (TPSA) is 70.5 Å². The first-order valence-electron chi connectivity index (χ1n) is 6.60. The lowest BCUT2D eigenvalue weighted by Gasteiger charge is -2.20. The van der Waals surface area contributed by atoms with Crippen LogP contribution in [-0.4, -0.2) is 42.5 Å².